The van der Waals surface area contributed by atoms with E-state index >= 15 is 0 Å². The fourth-order valence-electron chi connectivity index (χ4n) is 2.15. The molecule has 0 saturated heterocycles. The van der Waals surface area contributed by atoms with Crippen molar-refractivity contribution in [2.24, 2.45) is 0 Å². The summed E-state index contributed by atoms with van der Waals surface area (Å²) in [5.74, 6) is 1.40. The summed E-state index contributed by atoms with van der Waals surface area (Å²) in [4.78, 5) is 0. The molecular formula is C18H21FN2S2. The average molecular weight is 349 g/mol. The molecule has 122 valence electrons. The van der Waals surface area contributed by atoms with Gasteiger partial charge in [0.05, 0.1) is 0 Å². The summed E-state index contributed by atoms with van der Waals surface area (Å²) in [5, 5.41) is 7.00. The van der Waals surface area contributed by atoms with Crippen molar-refractivity contribution >= 4 is 34.8 Å². The fraction of sp³-hybridized carbons (Fsp3) is 0.278. The molecule has 2 N–H and O–H groups in total. The zero-order valence-corrected chi connectivity index (χ0v) is 15.0. The number of nitrogens with one attached hydrogen (secondary N) is 2. The minimum Gasteiger partial charge on any atom is -0.362 e. The molecule has 0 spiro atoms. The van der Waals surface area contributed by atoms with E-state index < -0.39 is 0 Å². The first-order valence-electron chi connectivity index (χ1n) is 7.49. The molecule has 23 heavy (non-hydrogen) atoms. The van der Waals surface area contributed by atoms with Crippen LogP contribution in [0.5, 0.6) is 0 Å². The Balaban J connectivity index is 1.68. The van der Waals surface area contributed by atoms with Crippen molar-refractivity contribution < 1.29 is 4.39 Å². The molecule has 0 aliphatic carbocycles. The summed E-state index contributed by atoms with van der Waals surface area (Å²) < 4.78 is 13.5. The lowest BCUT2D eigenvalue weighted by Crippen LogP contribution is -2.30. The number of aryl methyl sites for hydroxylation is 2. The highest BCUT2D eigenvalue weighted by atomic mass is 32.2. The Morgan fingerprint density at radius 1 is 1.17 bits per heavy atom. The van der Waals surface area contributed by atoms with Gasteiger partial charge in [0.15, 0.2) is 5.11 Å². The van der Waals surface area contributed by atoms with E-state index in [1.54, 1.807) is 17.8 Å². The second-order valence-corrected chi connectivity index (χ2v) is 6.86. The first-order chi connectivity index (χ1) is 11.1. The molecule has 0 radical (unpaired) electrons. The van der Waals surface area contributed by atoms with Gasteiger partial charge in [-0.25, -0.2) is 4.39 Å². The molecule has 0 saturated carbocycles. The Morgan fingerprint density at radius 2 is 1.96 bits per heavy atom. The normalized spacial score (nSPS) is 10.4. The van der Waals surface area contributed by atoms with E-state index in [0.717, 1.165) is 23.5 Å². The topological polar surface area (TPSA) is 24.1 Å². The Labute approximate surface area is 146 Å². The molecule has 2 aromatic carbocycles. The van der Waals surface area contributed by atoms with Gasteiger partial charge in [-0.15, -0.1) is 0 Å². The van der Waals surface area contributed by atoms with Crippen molar-refractivity contribution in [1.82, 2.24) is 5.32 Å². The summed E-state index contributed by atoms with van der Waals surface area (Å²) in [6, 6.07) is 13.1. The molecule has 0 aliphatic heterocycles. The number of hydrogen-bond acceptors (Lipinski definition) is 2. The van der Waals surface area contributed by atoms with Crippen LogP contribution in [-0.4, -0.2) is 17.4 Å². The van der Waals surface area contributed by atoms with Gasteiger partial charge in [-0.05, 0) is 49.3 Å². The highest BCUT2D eigenvalue weighted by molar-refractivity contribution is 7.98. The predicted molar refractivity (Wildman–Crippen MR) is 103 cm³/mol. The standard InChI is InChI=1S/C18H21FN2S2/c1-13-7-8-17(14(2)11-13)21-18(22)20-9-10-23-12-15-5-3-4-6-16(15)19/h3-8,11H,9-10,12H2,1-2H3,(H2,20,21,22). The van der Waals surface area contributed by atoms with Gasteiger partial charge < -0.3 is 10.6 Å². The van der Waals surface area contributed by atoms with Crippen LogP contribution in [0.1, 0.15) is 16.7 Å². The highest BCUT2D eigenvalue weighted by Crippen LogP contribution is 2.16. The number of thiocarbonyl (C=S) groups is 1. The lowest BCUT2D eigenvalue weighted by atomic mass is 10.1. The highest BCUT2D eigenvalue weighted by Gasteiger charge is 2.02. The maximum atomic E-state index is 13.5. The molecule has 2 rings (SSSR count). The third-order valence-electron chi connectivity index (χ3n) is 3.38. The minimum absolute atomic E-state index is 0.139. The van der Waals surface area contributed by atoms with Crippen molar-refractivity contribution in [3.05, 3.63) is 65.0 Å². The summed E-state index contributed by atoms with van der Waals surface area (Å²) in [6.45, 7) is 4.87. The summed E-state index contributed by atoms with van der Waals surface area (Å²) in [7, 11) is 0. The second-order valence-electron chi connectivity index (χ2n) is 5.34. The predicted octanol–water partition coefficient (Wildman–Crippen LogP) is 4.66. The maximum absolute atomic E-state index is 13.5. The van der Waals surface area contributed by atoms with Crippen LogP contribution < -0.4 is 10.6 Å². The van der Waals surface area contributed by atoms with Gasteiger partial charge in [0.25, 0.3) is 0 Å². The third-order valence-corrected chi connectivity index (χ3v) is 4.63. The van der Waals surface area contributed by atoms with Gasteiger partial charge in [-0.2, -0.15) is 11.8 Å². The number of hydrogen-bond donors (Lipinski definition) is 2. The molecule has 0 fully saturated rings. The SMILES string of the molecule is Cc1ccc(NC(=S)NCCSCc2ccccc2F)c(C)c1. The Kier molecular flexibility index (Phi) is 6.86. The van der Waals surface area contributed by atoms with Gasteiger partial charge in [0, 0.05) is 23.7 Å². The first kappa shape index (κ1) is 17.8. The van der Waals surface area contributed by atoms with E-state index in [0.29, 0.717) is 10.9 Å². The van der Waals surface area contributed by atoms with E-state index in [-0.39, 0.29) is 5.82 Å². The molecule has 0 heterocycles. The van der Waals surface area contributed by atoms with Crippen LogP contribution >= 0.6 is 24.0 Å². The monoisotopic (exact) mass is 348 g/mol. The summed E-state index contributed by atoms with van der Waals surface area (Å²) in [6.07, 6.45) is 0. The van der Waals surface area contributed by atoms with Crippen LogP contribution in [-0.2, 0) is 5.75 Å². The molecule has 0 unspecified atom stereocenters. The fourth-order valence-corrected chi connectivity index (χ4v) is 3.21. The minimum atomic E-state index is -0.139. The van der Waals surface area contributed by atoms with Crippen molar-refractivity contribution in [3.8, 4) is 0 Å². The van der Waals surface area contributed by atoms with Gasteiger partial charge in [-0.1, -0.05) is 35.9 Å². The number of thioether (sulfide) groups is 1. The van der Waals surface area contributed by atoms with Gasteiger partial charge >= 0.3 is 0 Å². The molecule has 5 heteroatoms. The van der Waals surface area contributed by atoms with E-state index in [2.05, 4.69) is 36.6 Å². The van der Waals surface area contributed by atoms with Gasteiger partial charge in [0.1, 0.15) is 5.82 Å². The van der Waals surface area contributed by atoms with Gasteiger partial charge in [0.2, 0.25) is 0 Å². The number of benzene rings is 2. The smallest absolute Gasteiger partial charge is 0.170 e. The van der Waals surface area contributed by atoms with E-state index in [1.807, 2.05) is 18.2 Å². The Hall–Kier alpha value is -1.59. The quantitative estimate of drug-likeness (QED) is 0.585. The van der Waals surface area contributed by atoms with Crippen LogP contribution in [0.4, 0.5) is 10.1 Å². The summed E-state index contributed by atoms with van der Waals surface area (Å²) >= 11 is 6.98. The van der Waals surface area contributed by atoms with Crippen molar-refractivity contribution in [2.75, 3.05) is 17.6 Å². The lowest BCUT2D eigenvalue weighted by molar-refractivity contribution is 0.617. The second kappa shape index (κ2) is 8.89. The van der Waals surface area contributed by atoms with E-state index in [1.165, 1.54) is 17.2 Å². The van der Waals surface area contributed by atoms with Crippen LogP contribution in [0.15, 0.2) is 42.5 Å². The van der Waals surface area contributed by atoms with Crippen LogP contribution in [0.25, 0.3) is 0 Å². The third kappa shape index (κ3) is 5.84. The molecule has 0 aromatic heterocycles. The number of halogens is 1. The molecule has 0 bridgehead atoms. The Bertz CT molecular complexity index is 674. The summed E-state index contributed by atoms with van der Waals surface area (Å²) in [5.41, 5.74) is 4.17. The van der Waals surface area contributed by atoms with Crippen LogP contribution in [0.3, 0.4) is 0 Å². The van der Waals surface area contributed by atoms with Crippen molar-refractivity contribution in [2.45, 2.75) is 19.6 Å². The average Bonchev–Trinajstić information content (AvgIpc) is 2.51. The maximum Gasteiger partial charge on any atom is 0.170 e. The molecule has 0 atom stereocenters. The van der Waals surface area contributed by atoms with Crippen molar-refractivity contribution in [1.29, 1.82) is 0 Å². The zero-order valence-electron chi connectivity index (χ0n) is 13.4. The number of anilines is 1. The van der Waals surface area contributed by atoms with Crippen molar-refractivity contribution in [3.63, 3.8) is 0 Å². The molecule has 2 nitrogen and oxygen atoms in total. The largest absolute Gasteiger partial charge is 0.362 e. The van der Waals surface area contributed by atoms with Crippen LogP contribution in [0.2, 0.25) is 0 Å². The zero-order chi connectivity index (χ0) is 16.7. The first-order valence-corrected chi connectivity index (χ1v) is 9.06. The van der Waals surface area contributed by atoms with Crippen LogP contribution in [0, 0.1) is 19.7 Å². The molecular weight excluding hydrogens is 327 g/mol. The molecule has 2 aromatic rings. The van der Waals surface area contributed by atoms with Gasteiger partial charge in [-0.3, -0.25) is 0 Å². The number of rotatable bonds is 6. The van der Waals surface area contributed by atoms with E-state index in [4.69, 9.17) is 12.2 Å². The molecule has 0 aliphatic rings. The molecule has 0 amide bonds. The lowest BCUT2D eigenvalue weighted by Gasteiger charge is -2.13. The van der Waals surface area contributed by atoms with E-state index in [9.17, 15) is 4.39 Å². The Morgan fingerprint density at radius 3 is 2.70 bits per heavy atom.